The summed E-state index contributed by atoms with van der Waals surface area (Å²) < 4.78 is 0. The van der Waals surface area contributed by atoms with Crippen LogP contribution in [0.2, 0.25) is 10.0 Å². The van der Waals surface area contributed by atoms with E-state index in [0.29, 0.717) is 15.6 Å². The fraction of sp³-hybridized carbons (Fsp3) is 0.467. The highest BCUT2D eigenvalue weighted by Crippen LogP contribution is 2.25. The number of benzene rings is 1. The number of carbonyl (C=O) groups is 2. The molecule has 0 aliphatic rings. The van der Waals surface area contributed by atoms with Gasteiger partial charge in [-0.3, -0.25) is 9.59 Å². The second-order valence-corrected chi connectivity index (χ2v) is 6.74. The molecular formula is C15H20Cl2N2O2. The first kappa shape index (κ1) is 17.8. The molecule has 0 saturated carbocycles. The average molecular weight is 331 g/mol. The van der Waals surface area contributed by atoms with Crippen molar-refractivity contribution in [1.82, 2.24) is 10.2 Å². The number of likely N-dealkylation sites (N-methyl/N-ethyl adjacent to an activating group) is 1. The molecule has 1 N–H and O–H groups in total. The second-order valence-electron chi connectivity index (χ2n) is 5.92. The molecule has 0 radical (unpaired) electrons. The molecule has 0 atom stereocenters. The Morgan fingerprint density at radius 1 is 1.19 bits per heavy atom. The number of hydrogen-bond acceptors (Lipinski definition) is 2. The maximum absolute atomic E-state index is 12.1. The number of hydrogen-bond donors (Lipinski definition) is 1. The van der Waals surface area contributed by atoms with Crippen molar-refractivity contribution in [2.45, 2.75) is 32.7 Å². The minimum atomic E-state index is -0.326. The van der Waals surface area contributed by atoms with Gasteiger partial charge in [0.1, 0.15) is 0 Å². The molecular weight excluding hydrogens is 311 g/mol. The molecule has 0 bridgehead atoms. The van der Waals surface area contributed by atoms with Gasteiger partial charge in [0.05, 0.1) is 13.0 Å². The lowest BCUT2D eigenvalue weighted by Crippen LogP contribution is -2.46. The van der Waals surface area contributed by atoms with Crippen LogP contribution in [0, 0.1) is 0 Å². The zero-order chi connectivity index (χ0) is 16.2. The van der Waals surface area contributed by atoms with Gasteiger partial charge in [0.25, 0.3) is 0 Å². The molecule has 6 heteroatoms. The molecule has 0 spiro atoms. The lowest BCUT2D eigenvalue weighted by molar-refractivity contribution is -0.134. The Morgan fingerprint density at radius 2 is 1.71 bits per heavy atom. The Hall–Kier alpha value is -1.26. The van der Waals surface area contributed by atoms with Gasteiger partial charge in [0, 0.05) is 22.6 Å². The summed E-state index contributed by atoms with van der Waals surface area (Å²) in [5.74, 6) is -0.419. The molecule has 0 fully saturated rings. The van der Waals surface area contributed by atoms with Crippen molar-refractivity contribution in [3.05, 3.63) is 33.8 Å². The van der Waals surface area contributed by atoms with E-state index in [0.717, 1.165) is 0 Å². The topological polar surface area (TPSA) is 49.4 Å². The van der Waals surface area contributed by atoms with Crippen LogP contribution >= 0.6 is 23.2 Å². The minimum absolute atomic E-state index is 0.00181. The summed E-state index contributed by atoms with van der Waals surface area (Å²) in [6, 6.07) is 5.09. The molecule has 1 aromatic rings. The molecule has 21 heavy (non-hydrogen) atoms. The van der Waals surface area contributed by atoms with E-state index >= 15 is 0 Å². The highest BCUT2D eigenvalue weighted by Gasteiger charge is 2.19. The molecule has 0 saturated heterocycles. The van der Waals surface area contributed by atoms with Gasteiger partial charge < -0.3 is 10.2 Å². The zero-order valence-corrected chi connectivity index (χ0v) is 14.2. The summed E-state index contributed by atoms with van der Waals surface area (Å²) in [6.45, 7) is 5.65. The van der Waals surface area contributed by atoms with Crippen LogP contribution < -0.4 is 5.32 Å². The van der Waals surface area contributed by atoms with Crippen molar-refractivity contribution < 1.29 is 9.59 Å². The minimum Gasteiger partial charge on any atom is -0.350 e. The van der Waals surface area contributed by atoms with E-state index in [-0.39, 0.29) is 30.3 Å². The highest BCUT2D eigenvalue weighted by molar-refractivity contribution is 6.36. The van der Waals surface area contributed by atoms with Crippen LogP contribution in [-0.4, -0.2) is 35.8 Å². The fourth-order valence-electron chi connectivity index (χ4n) is 1.75. The predicted octanol–water partition coefficient (Wildman–Crippen LogP) is 2.91. The third-order valence-electron chi connectivity index (χ3n) is 2.71. The first-order valence-corrected chi connectivity index (χ1v) is 7.33. The van der Waals surface area contributed by atoms with Gasteiger partial charge in [-0.05, 0) is 38.5 Å². The fourth-order valence-corrected chi connectivity index (χ4v) is 2.28. The van der Waals surface area contributed by atoms with Crippen LogP contribution in [0.1, 0.15) is 26.3 Å². The first-order chi connectivity index (χ1) is 9.60. The molecule has 0 aromatic heterocycles. The summed E-state index contributed by atoms with van der Waals surface area (Å²) in [7, 11) is 1.58. The van der Waals surface area contributed by atoms with Gasteiger partial charge in [-0.15, -0.1) is 0 Å². The van der Waals surface area contributed by atoms with E-state index in [1.54, 1.807) is 25.2 Å². The molecule has 2 amide bonds. The number of carbonyl (C=O) groups excluding carboxylic acids is 2. The molecule has 116 valence electrons. The van der Waals surface area contributed by atoms with Gasteiger partial charge in [-0.2, -0.15) is 0 Å². The first-order valence-electron chi connectivity index (χ1n) is 6.58. The van der Waals surface area contributed by atoms with Gasteiger partial charge in [-0.1, -0.05) is 29.3 Å². The average Bonchev–Trinajstić information content (AvgIpc) is 2.31. The lowest BCUT2D eigenvalue weighted by atomic mass is 10.1. The summed E-state index contributed by atoms with van der Waals surface area (Å²) in [5.41, 5.74) is 0.251. The van der Waals surface area contributed by atoms with E-state index in [9.17, 15) is 9.59 Å². The van der Waals surface area contributed by atoms with E-state index in [4.69, 9.17) is 23.2 Å². The molecule has 0 aliphatic heterocycles. The third-order valence-corrected chi connectivity index (χ3v) is 3.42. The smallest absolute Gasteiger partial charge is 0.240 e. The second kappa shape index (κ2) is 7.14. The largest absolute Gasteiger partial charge is 0.350 e. The molecule has 0 unspecified atom stereocenters. The van der Waals surface area contributed by atoms with Crippen molar-refractivity contribution in [3.8, 4) is 0 Å². The standard InChI is InChI=1S/C15H20Cl2N2O2/c1-15(2,3)18-13(20)9-19(4)14(21)8-10-11(16)6-5-7-12(10)17/h5-7H,8-9H2,1-4H3,(H,18,20). The van der Waals surface area contributed by atoms with Crippen molar-refractivity contribution in [2.75, 3.05) is 13.6 Å². The molecule has 0 heterocycles. The van der Waals surface area contributed by atoms with Gasteiger partial charge in [-0.25, -0.2) is 0 Å². The van der Waals surface area contributed by atoms with Gasteiger partial charge in [0.2, 0.25) is 11.8 Å². The Morgan fingerprint density at radius 3 is 2.19 bits per heavy atom. The van der Waals surface area contributed by atoms with E-state index in [1.165, 1.54) is 4.90 Å². The maximum Gasteiger partial charge on any atom is 0.240 e. The summed E-state index contributed by atoms with van der Waals surface area (Å²) in [5, 5.41) is 3.70. The Bertz CT molecular complexity index is 519. The third kappa shape index (κ3) is 5.94. The summed E-state index contributed by atoms with van der Waals surface area (Å²) in [6.07, 6.45) is 0.0673. The molecule has 1 rings (SSSR count). The quantitative estimate of drug-likeness (QED) is 0.922. The van der Waals surface area contributed by atoms with Crippen LogP contribution in [0.4, 0.5) is 0 Å². The van der Waals surface area contributed by atoms with Crippen LogP contribution in [0.25, 0.3) is 0 Å². The van der Waals surface area contributed by atoms with Crippen LogP contribution in [0.15, 0.2) is 18.2 Å². The van der Waals surface area contributed by atoms with E-state index in [2.05, 4.69) is 5.32 Å². The number of nitrogens with zero attached hydrogens (tertiary/aromatic N) is 1. The Labute approximate surface area is 135 Å². The van der Waals surface area contributed by atoms with E-state index < -0.39 is 0 Å². The number of halogens is 2. The van der Waals surface area contributed by atoms with Gasteiger partial charge in [0.15, 0.2) is 0 Å². The Balaban J connectivity index is 2.65. The van der Waals surface area contributed by atoms with Gasteiger partial charge >= 0.3 is 0 Å². The van der Waals surface area contributed by atoms with E-state index in [1.807, 2.05) is 20.8 Å². The van der Waals surface area contributed by atoms with Crippen molar-refractivity contribution >= 4 is 35.0 Å². The number of amides is 2. The Kier molecular flexibility index (Phi) is 6.05. The molecule has 4 nitrogen and oxygen atoms in total. The van der Waals surface area contributed by atoms with Crippen LogP contribution in [0.5, 0.6) is 0 Å². The molecule has 0 aliphatic carbocycles. The summed E-state index contributed by atoms with van der Waals surface area (Å²) >= 11 is 12.1. The monoisotopic (exact) mass is 330 g/mol. The lowest BCUT2D eigenvalue weighted by Gasteiger charge is -2.23. The predicted molar refractivity (Wildman–Crippen MR) is 85.7 cm³/mol. The van der Waals surface area contributed by atoms with Crippen LogP contribution in [-0.2, 0) is 16.0 Å². The zero-order valence-electron chi connectivity index (χ0n) is 12.7. The highest BCUT2D eigenvalue weighted by atomic mass is 35.5. The van der Waals surface area contributed by atoms with Crippen molar-refractivity contribution in [2.24, 2.45) is 0 Å². The van der Waals surface area contributed by atoms with Crippen LogP contribution in [0.3, 0.4) is 0 Å². The SMILES string of the molecule is CN(CC(=O)NC(C)(C)C)C(=O)Cc1c(Cl)cccc1Cl. The van der Waals surface area contributed by atoms with Crippen molar-refractivity contribution in [3.63, 3.8) is 0 Å². The summed E-state index contributed by atoms with van der Waals surface area (Å²) in [4.78, 5) is 25.3. The van der Waals surface area contributed by atoms with Crippen molar-refractivity contribution in [1.29, 1.82) is 0 Å². The maximum atomic E-state index is 12.1. The normalized spacial score (nSPS) is 11.1. The number of rotatable bonds is 4. The molecule has 1 aromatic carbocycles. The number of nitrogens with one attached hydrogen (secondary N) is 1.